The number of rotatable bonds is 11. The largest absolute Gasteiger partial charge is 0.446 e. The van der Waals surface area contributed by atoms with Crippen LogP contribution < -0.4 is 14.9 Å². The number of piperidine rings is 1. The van der Waals surface area contributed by atoms with Crippen LogP contribution in [0.5, 0.6) is 0 Å². The number of nitrogens with one attached hydrogen (secondary N) is 2. The SMILES string of the molecule is O=C(Nc1ccccc1-c1ccccc1)OC1CCN(CCC(=O)N(CNS(=O)(=O)c2c(Cl)cccc2Cl)c2ccccc2)CC1. The number of sulfonamides is 1. The van der Waals surface area contributed by atoms with Crippen molar-refractivity contribution < 1.29 is 22.7 Å². The van der Waals surface area contributed by atoms with Crippen molar-refractivity contribution >= 4 is 56.6 Å². The van der Waals surface area contributed by atoms with Gasteiger partial charge >= 0.3 is 6.09 Å². The first-order valence-corrected chi connectivity index (χ1v) is 17.1. The van der Waals surface area contributed by atoms with Crippen LogP contribution in [0.3, 0.4) is 0 Å². The lowest BCUT2D eigenvalue weighted by Gasteiger charge is -2.32. The van der Waals surface area contributed by atoms with Gasteiger partial charge in [0, 0.05) is 37.3 Å². The maximum Gasteiger partial charge on any atom is 0.411 e. The molecule has 1 fully saturated rings. The van der Waals surface area contributed by atoms with Crippen LogP contribution in [0, 0.1) is 0 Å². The number of nitrogens with zero attached hydrogens (tertiary/aromatic N) is 2. The van der Waals surface area contributed by atoms with Gasteiger partial charge < -0.3 is 9.64 Å². The third kappa shape index (κ3) is 8.65. The minimum absolute atomic E-state index is 0.0144. The third-order valence-electron chi connectivity index (χ3n) is 7.67. The summed E-state index contributed by atoms with van der Waals surface area (Å²) in [6.45, 7) is 1.46. The Morgan fingerprint density at radius 3 is 2.11 bits per heavy atom. The van der Waals surface area contributed by atoms with Crippen LogP contribution in [0.4, 0.5) is 16.2 Å². The number of carbonyl (C=O) groups is 2. The molecule has 1 aliphatic rings. The smallest absolute Gasteiger partial charge is 0.411 e. The normalized spacial score (nSPS) is 14.0. The molecule has 46 heavy (non-hydrogen) atoms. The van der Waals surface area contributed by atoms with Crippen molar-refractivity contribution in [3.05, 3.63) is 113 Å². The van der Waals surface area contributed by atoms with Crippen LogP contribution in [0.25, 0.3) is 11.1 Å². The molecule has 5 rings (SSSR count). The van der Waals surface area contributed by atoms with Gasteiger partial charge in [-0.1, -0.05) is 96.0 Å². The van der Waals surface area contributed by atoms with Gasteiger partial charge in [-0.2, -0.15) is 4.72 Å². The Bertz CT molecular complexity index is 1730. The molecular formula is C34H34Cl2N4O5S. The van der Waals surface area contributed by atoms with E-state index in [0.29, 0.717) is 43.9 Å². The summed E-state index contributed by atoms with van der Waals surface area (Å²) in [7, 11) is -4.11. The molecule has 1 saturated heterocycles. The summed E-state index contributed by atoms with van der Waals surface area (Å²) < 4.78 is 34.3. The van der Waals surface area contributed by atoms with Crippen molar-refractivity contribution in [2.24, 2.45) is 0 Å². The number of hydrogen-bond acceptors (Lipinski definition) is 6. The first-order chi connectivity index (χ1) is 22.2. The number of para-hydroxylation sites is 2. The van der Waals surface area contributed by atoms with Gasteiger partial charge in [0.15, 0.2) is 0 Å². The Morgan fingerprint density at radius 2 is 1.43 bits per heavy atom. The van der Waals surface area contributed by atoms with E-state index in [1.165, 1.54) is 17.0 Å². The standard InChI is InChI=1S/C34H34Cl2N4O5S/c35-29-15-9-16-30(36)33(29)46(43,44)37-24-40(26-12-5-2-6-13-26)32(41)20-23-39-21-18-27(19-22-39)45-34(42)38-31-17-8-7-14-28(31)25-10-3-1-4-11-25/h1-17,27,37H,18-24H2,(H,38,42). The van der Waals surface area contributed by atoms with Crippen LogP contribution in [0.1, 0.15) is 19.3 Å². The average Bonchev–Trinajstić information content (AvgIpc) is 3.05. The summed E-state index contributed by atoms with van der Waals surface area (Å²) in [6, 6.07) is 30.7. The number of benzene rings is 4. The van der Waals surface area contributed by atoms with Gasteiger partial charge in [0.25, 0.3) is 0 Å². The zero-order chi connectivity index (χ0) is 32.5. The number of ether oxygens (including phenoxy) is 1. The van der Waals surface area contributed by atoms with E-state index in [2.05, 4.69) is 14.9 Å². The molecule has 4 aromatic rings. The molecule has 240 valence electrons. The summed E-state index contributed by atoms with van der Waals surface area (Å²) in [5.74, 6) is -0.256. The number of carbonyl (C=O) groups excluding carboxylic acids is 2. The monoisotopic (exact) mass is 680 g/mol. The Balaban J connectivity index is 1.13. The first kappa shape index (κ1) is 33.4. The molecule has 0 bridgehead atoms. The summed E-state index contributed by atoms with van der Waals surface area (Å²) in [6.07, 6.45) is 0.663. The zero-order valence-electron chi connectivity index (χ0n) is 24.9. The van der Waals surface area contributed by atoms with Crippen LogP contribution in [0.2, 0.25) is 10.0 Å². The third-order valence-corrected chi connectivity index (χ3v) is 10.0. The fraction of sp³-hybridized carbons (Fsp3) is 0.235. The lowest BCUT2D eigenvalue weighted by Crippen LogP contribution is -2.44. The molecular weight excluding hydrogens is 647 g/mol. The van der Waals surface area contributed by atoms with Crippen molar-refractivity contribution in [3.8, 4) is 11.1 Å². The molecule has 4 aromatic carbocycles. The number of likely N-dealkylation sites (tertiary alicyclic amines) is 1. The van der Waals surface area contributed by atoms with Gasteiger partial charge in [0.2, 0.25) is 15.9 Å². The van der Waals surface area contributed by atoms with E-state index in [9.17, 15) is 18.0 Å². The van der Waals surface area contributed by atoms with Gasteiger partial charge in [0.1, 0.15) is 11.0 Å². The predicted molar refractivity (Wildman–Crippen MR) is 182 cm³/mol. The van der Waals surface area contributed by atoms with Crippen molar-refractivity contribution in [2.75, 3.05) is 36.5 Å². The molecule has 2 amide bonds. The van der Waals surface area contributed by atoms with Gasteiger partial charge in [-0.15, -0.1) is 0 Å². The Hall–Kier alpha value is -3.93. The maximum absolute atomic E-state index is 13.4. The Kier molecular flexibility index (Phi) is 11.3. The highest BCUT2D eigenvalue weighted by molar-refractivity contribution is 7.89. The predicted octanol–water partition coefficient (Wildman–Crippen LogP) is 7.03. The van der Waals surface area contributed by atoms with Crippen LogP contribution in [0.15, 0.2) is 108 Å². The molecule has 0 atom stereocenters. The van der Waals surface area contributed by atoms with E-state index in [-0.39, 0.29) is 40.0 Å². The quantitative estimate of drug-likeness (QED) is 0.165. The van der Waals surface area contributed by atoms with E-state index in [1.807, 2.05) is 60.7 Å². The second-order valence-electron chi connectivity index (χ2n) is 10.7. The Labute approximate surface area is 279 Å². The van der Waals surface area contributed by atoms with E-state index in [1.54, 1.807) is 30.3 Å². The number of amides is 2. The van der Waals surface area contributed by atoms with Crippen LogP contribution in [-0.4, -0.2) is 57.7 Å². The topological polar surface area (TPSA) is 108 Å². The average molecular weight is 682 g/mol. The highest BCUT2D eigenvalue weighted by Gasteiger charge is 2.26. The van der Waals surface area contributed by atoms with Gasteiger partial charge in [-0.3, -0.25) is 15.0 Å². The molecule has 0 aliphatic carbocycles. The van der Waals surface area contributed by atoms with Crippen LogP contribution in [-0.2, 0) is 19.6 Å². The number of anilines is 2. The fourth-order valence-electron chi connectivity index (χ4n) is 5.28. The van der Waals surface area contributed by atoms with Crippen LogP contribution >= 0.6 is 23.2 Å². The highest BCUT2D eigenvalue weighted by atomic mass is 35.5. The molecule has 1 heterocycles. The van der Waals surface area contributed by atoms with Crippen molar-refractivity contribution in [1.29, 1.82) is 0 Å². The molecule has 2 N–H and O–H groups in total. The van der Waals surface area contributed by atoms with Crippen molar-refractivity contribution in [3.63, 3.8) is 0 Å². The number of hydrogen-bond donors (Lipinski definition) is 2. The molecule has 0 unspecified atom stereocenters. The van der Waals surface area contributed by atoms with Crippen molar-refractivity contribution in [2.45, 2.75) is 30.3 Å². The van der Waals surface area contributed by atoms with E-state index < -0.39 is 16.1 Å². The summed E-state index contributed by atoms with van der Waals surface area (Å²) in [5, 5.41) is 2.86. The highest BCUT2D eigenvalue weighted by Crippen LogP contribution is 2.30. The molecule has 0 spiro atoms. The molecule has 1 aliphatic heterocycles. The first-order valence-electron chi connectivity index (χ1n) is 14.8. The lowest BCUT2D eigenvalue weighted by atomic mass is 10.0. The van der Waals surface area contributed by atoms with Gasteiger partial charge in [-0.25, -0.2) is 13.2 Å². The fourth-order valence-corrected chi connectivity index (χ4v) is 7.38. The van der Waals surface area contributed by atoms with Gasteiger partial charge in [-0.05, 0) is 48.7 Å². The molecule has 12 heteroatoms. The zero-order valence-corrected chi connectivity index (χ0v) is 27.3. The second kappa shape index (κ2) is 15.6. The minimum Gasteiger partial charge on any atom is -0.446 e. The van der Waals surface area contributed by atoms with E-state index in [4.69, 9.17) is 27.9 Å². The van der Waals surface area contributed by atoms with Crippen molar-refractivity contribution in [1.82, 2.24) is 9.62 Å². The number of halogens is 2. The second-order valence-corrected chi connectivity index (χ2v) is 13.3. The molecule has 0 radical (unpaired) electrons. The molecule has 0 saturated carbocycles. The molecule has 9 nitrogen and oxygen atoms in total. The summed E-state index contributed by atoms with van der Waals surface area (Å²) in [5.41, 5.74) is 3.13. The summed E-state index contributed by atoms with van der Waals surface area (Å²) >= 11 is 12.3. The minimum atomic E-state index is -4.11. The van der Waals surface area contributed by atoms with E-state index >= 15 is 0 Å². The van der Waals surface area contributed by atoms with E-state index in [0.717, 1.165) is 11.1 Å². The maximum atomic E-state index is 13.4. The van der Waals surface area contributed by atoms with Gasteiger partial charge in [0.05, 0.1) is 22.4 Å². The molecule has 0 aromatic heterocycles. The Morgan fingerprint density at radius 1 is 0.826 bits per heavy atom. The summed E-state index contributed by atoms with van der Waals surface area (Å²) in [4.78, 5) is 29.5. The lowest BCUT2D eigenvalue weighted by molar-refractivity contribution is -0.119.